The van der Waals surface area contributed by atoms with E-state index < -0.39 is 0 Å². The number of aromatic hydroxyl groups is 1. The molecule has 4 rings (SSSR count). The third-order valence-corrected chi connectivity index (χ3v) is 5.64. The van der Waals surface area contributed by atoms with E-state index in [-0.39, 0.29) is 11.7 Å². The van der Waals surface area contributed by atoms with Crippen LogP contribution in [0.3, 0.4) is 0 Å². The monoisotopic (exact) mass is 424 g/mol. The van der Waals surface area contributed by atoms with Gasteiger partial charge in [-0.25, -0.2) is 4.98 Å². The smallest absolute Gasteiger partial charge is 0.255 e. The standard InChI is InChI=1S/C22H17ClN2O3S/c1-2-28-19-10-7-13(11-16(19)23)21(27)24-14-8-9-15(18(26)12-14)22-25-17-5-3-4-6-20(17)29-22/h3-12,26H,2H2,1H3,(H,24,27). The highest BCUT2D eigenvalue weighted by molar-refractivity contribution is 7.21. The number of carbonyl (C=O) groups excluding carboxylic acids is 1. The number of hydrogen-bond donors (Lipinski definition) is 2. The molecule has 0 saturated heterocycles. The van der Waals surface area contributed by atoms with E-state index in [9.17, 15) is 9.90 Å². The minimum absolute atomic E-state index is 0.0478. The van der Waals surface area contributed by atoms with E-state index in [1.165, 1.54) is 17.4 Å². The molecular formula is C22H17ClN2O3S. The predicted octanol–water partition coefficient (Wildman–Crippen LogP) is 5.97. The Bertz CT molecular complexity index is 1170. The Morgan fingerprint density at radius 1 is 1.17 bits per heavy atom. The number of anilines is 1. The van der Waals surface area contributed by atoms with Crippen LogP contribution in [0, 0.1) is 0 Å². The Labute approximate surface area is 176 Å². The largest absolute Gasteiger partial charge is 0.507 e. The summed E-state index contributed by atoms with van der Waals surface area (Å²) in [7, 11) is 0. The van der Waals surface area contributed by atoms with Gasteiger partial charge in [0.05, 0.1) is 27.4 Å². The molecule has 0 bridgehead atoms. The fourth-order valence-corrected chi connectivity index (χ4v) is 4.13. The zero-order valence-electron chi connectivity index (χ0n) is 15.5. The average Bonchev–Trinajstić information content (AvgIpc) is 3.13. The fraction of sp³-hybridized carbons (Fsp3) is 0.0909. The van der Waals surface area contributed by atoms with Gasteiger partial charge in [-0.3, -0.25) is 4.79 Å². The number of rotatable bonds is 5. The van der Waals surface area contributed by atoms with Gasteiger partial charge in [0.1, 0.15) is 16.5 Å². The van der Waals surface area contributed by atoms with Gasteiger partial charge in [0, 0.05) is 17.3 Å². The zero-order chi connectivity index (χ0) is 20.4. The van der Waals surface area contributed by atoms with Gasteiger partial charge in [-0.2, -0.15) is 0 Å². The first-order valence-corrected chi connectivity index (χ1v) is 10.2. The van der Waals surface area contributed by atoms with Crippen LogP contribution >= 0.6 is 22.9 Å². The van der Waals surface area contributed by atoms with E-state index in [1.807, 2.05) is 31.2 Å². The lowest BCUT2D eigenvalue weighted by atomic mass is 10.1. The van der Waals surface area contributed by atoms with Crippen LogP contribution in [0.1, 0.15) is 17.3 Å². The second-order valence-corrected chi connectivity index (χ2v) is 7.69. The third kappa shape index (κ3) is 4.04. The van der Waals surface area contributed by atoms with Crippen molar-refractivity contribution < 1.29 is 14.6 Å². The van der Waals surface area contributed by atoms with Crippen molar-refractivity contribution >= 4 is 44.7 Å². The third-order valence-electron chi connectivity index (χ3n) is 4.27. The van der Waals surface area contributed by atoms with Crippen LogP contribution in [-0.2, 0) is 0 Å². The number of para-hydroxylation sites is 1. The Morgan fingerprint density at radius 3 is 2.72 bits per heavy atom. The molecule has 2 N–H and O–H groups in total. The Hall–Kier alpha value is -3.09. The molecule has 0 fully saturated rings. The van der Waals surface area contributed by atoms with Crippen molar-refractivity contribution in [3.05, 3.63) is 71.2 Å². The molecule has 0 aliphatic heterocycles. The number of amides is 1. The summed E-state index contributed by atoms with van der Waals surface area (Å²) >= 11 is 7.65. The number of phenols is 1. The normalized spacial score (nSPS) is 10.8. The zero-order valence-corrected chi connectivity index (χ0v) is 17.1. The van der Waals surface area contributed by atoms with Crippen LogP contribution in [0.25, 0.3) is 20.8 Å². The highest BCUT2D eigenvalue weighted by atomic mass is 35.5. The van der Waals surface area contributed by atoms with Crippen molar-refractivity contribution in [2.45, 2.75) is 6.92 Å². The van der Waals surface area contributed by atoms with Gasteiger partial charge < -0.3 is 15.2 Å². The van der Waals surface area contributed by atoms with Gasteiger partial charge in [0.25, 0.3) is 5.91 Å². The molecule has 4 aromatic rings. The van der Waals surface area contributed by atoms with Crippen molar-refractivity contribution in [2.24, 2.45) is 0 Å². The summed E-state index contributed by atoms with van der Waals surface area (Å²) in [5.41, 5.74) is 2.38. The molecule has 1 aromatic heterocycles. The van der Waals surface area contributed by atoms with E-state index >= 15 is 0 Å². The summed E-state index contributed by atoms with van der Waals surface area (Å²) in [6.07, 6.45) is 0. The van der Waals surface area contributed by atoms with Crippen molar-refractivity contribution in [3.8, 4) is 22.1 Å². The average molecular weight is 425 g/mol. The summed E-state index contributed by atoms with van der Waals surface area (Å²) in [6, 6.07) is 17.6. The maximum Gasteiger partial charge on any atom is 0.255 e. The van der Waals surface area contributed by atoms with Crippen molar-refractivity contribution in [1.29, 1.82) is 0 Å². The molecule has 0 spiro atoms. The highest BCUT2D eigenvalue weighted by Gasteiger charge is 2.13. The molecule has 29 heavy (non-hydrogen) atoms. The Balaban J connectivity index is 1.55. The Kier molecular flexibility index (Phi) is 5.38. The number of halogens is 1. The van der Waals surface area contributed by atoms with Gasteiger partial charge in [-0.1, -0.05) is 23.7 Å². The van der Waals surface area contributed by atoms with Crippen LogP contribution in [0.4, 0.5) is 5.69 Å². The van der Waals surface area contributed by atoms with Crippen molar-refractivity contribution in [2.75, 3.05) is 11.9 Å². The van der Waals surface area contributed by atoms with E-state index in [2.05, 4.69) is 10.3 Å². The van der Waals surface area contributed by atoms with Gasteiger partial charge in [-0.15, -0.1) is 11.3 Å². The summed E-state index contributed by atoms with van der Waals surface area (Å²) in [5.74, 6) is 0.247. The Morgan fingerprint density at radius 2 is 2.00 bits per heavy atom. The number of ether oxygens (including phenoxy) is 1. The SMILES string of the molecule is CCOc1ccc(C(=O)Nc2ccc(-c3nc4ccccc4s3)c(O)c2)cc1Cl. The van der Waals surface area contributed by atoms with E-state index in [4.69, 9.17) is 16.3 Å². The first-order valence-electron chi connectivity index (χ1n) is 8.98. The number of hydrogen-bond acceptors (Lipinski definition) is 5. The topological polar surface area (TPSA) is 71.5 Å². The first kappa shape index (κ1) is 19.2. The molecule has 0 atom stereocenters. The molecule has 0 saturated carbocycles. The summed E-state index contributed by atoms with van der Waals surface area (Å²) < 4.78 is 6.43. The second kappa shape index (κ2) is 8.11. The van der Waals surface area contributed by atoms with Gasteiger partial charge in [-0.05, 0) is 49.4 Å². The van der Waals surface area contributed by atoms with Crippen LogP contribution < -0.4 is 10.1 Å². The lowest BCUT2D eigenvalue weighted by molar-refractivity contribution is 0.102. The lowest BCUT2D eigenvalue weighted by Gasteiger charge is -2.10. The molecule has 0 aliphatic rings. The molecule has 5 nitrogen and oxygen atoms in total. The molecule has 0 unspecified atom stereocenters. The lowest BCUT2D eigenvalue weighted by Crippen LogP contribution is -2.12. The molecule has 7 heteroatoms. The number of carbonyl (C=O) groups is 1. The maximum atomic E-state index is 12.5. The van der Waals surface area contributed by atoms with Gasteiger partial charge in [0.15, 0.2) is 0 Å². The summed E-state index contributed by atoms with van der Waals surface area (Å²) in [5, 5.41) is 14.3. The van der Waals surface area contributed by atoms with Gasteiger partial charge >= 0.3 is 0 Å². The predicted molar refractivity (Wildman–Crippen MR) is 117 cm³/mol. The van der Waals surface area contributed by atoms with Crippen LogP contribution in [0.5, 0.6) is 11.5 Å². The van der Waals surface area contributed by atoms with Crippen molar-refractivity contribution in [3.63, 3.8) is 0 Å². The van der Waals surface area contributed by atoms with Crippen LogP contribution in [0.2, 0.25) is 5.02 Å². The molecular weight excluding hydrogens is 408 g/mol. The van der Waals surface area contributed by atoms with E-state index in [0.717, 1.165) is 15.2 Å². The number of phenolic OH excluding ortho intramolecular Hbond substituents is 1. The minimum atomic E-state index is -0.331. The van der Waals surface area contributed by atoms with Crippen molar-refractivity contribution in [1.82, 2.24) is 4.98 Å². The molecule has 3 aromatic carbocycles. The molecule has 146 valence electrons. The number of aromatic nitrogens is 1. The van der Waals surface area contributed by atoms with E-state index in [1.54, 1.807) is 30.3 Å². The number of benzene rings is 3. The van der Waals surface area contributed by atoms with Crippen LogP contribution in [-0.4, -0.2) is 22.6 Å². The number of nitrogens with one attached hydrogen (secondary N) is 1. The van der Waals surface area contributed by atoms with Gasteiger partial charge in [0.2, 0.25) is 0 Å². The first-order chi connectivity index (χ1) is 14.0. The molecule has 1 heterocycles. The molecule has 1 amide bonds. The fourth-order valence-electron chi connectivity index (χ4n) is 2.90. The maximum absolute atomic E-state index is 12.5. The quantitative estimate of drug-likeness (QED) is 0.413. The summed E-state index contributed by atoms with van der Waals surface area (Å²) in [6.45, 7) is 2.35. The van der Waals surface area contributed by atoms with E-state index in [0.29, 0.717) is 34.2 Å². The highest BCUT2D eigenvalue weighted by Crippen LogP contribution is 2.36. The molecule has 0 radical (unpaired) electrons. The number of nitrogens with zero attached hydrogens (tertiary/aromatic N) is 1. The van der Waals surface area contributed by atoms with Crippen LogP contribution in [0.15, 0.2) is 60.7 Å². The summed E-state index contributed by atoms with van der Waals surface area (Å²) in [4.78, 5) is 17.1. The number of fused-ring (bicyclic) bond motifs is 1. The second-order valence-electron chi connectivity index (χ2n) is 6.25. The molecule has 0 aliphatic carbocycles. The minimum Gasteiger partial charge on any atom is -0.507 e. The number of thiazole rings is 1.